The van der Waals surface area contributed by atoms with Crippen LogP contribution >= 0.6 is 11.3 Å². The van der Waals surface area contributed by atoms with E-state index in [9.17, 15) is 9.59 Å². The molecule has 2 heterocycles. The molecule has 2 aromatic rings. The number of benzene rings is 1. The second kappa shape index (κ2) is 9.34. The van der Waals surface area contributed by atoms with Gasteiger partial charge >= 0.3 is 0 Å². The molecule has 2 amide bonds. The Morgan fingerprint density at radius 1 is 1.17 bits per heavy atom. The number of nitrogens with zero attached hydrogens (tertiary/aromatic N) is 2. The maximum Gasteiger partial charge on any atom is 0.242 e. The third-order valence-corrected chi connectivity index (χ3v) is 6.93. The van der Waals surface area contributed by atoms with Gasteiger partial charge in [-0.25, -0.2) is 0 Å². The van der Waals surface area contributed by atoms with Crippen molar-refractivity contribution in [1.29, 1.82) is 0 Å². The summed E-state index contributed by atoms with van der Waals surface area (Å²) >= 11 is 1.77. The van der Waals surface area contributed by atoms with Crippen LogP contribution in [0.4, 0.5) is 0 Å². The predicted octanol–water partition coefficient (Wildman–Crippen LogP) is 5.17. The Bertz CT molecular complexity index is 879. The Hall–Kier alpha value is -2.14. The molecule has 1 aliphatic rings. The minimum atomic E-state index is -0.0819. The van der Waals surface area contributed by atoms with Gasteiger partial charge in [-0.1, -0.05) is 58.4 Å². The van der Waals surface area contributed by atoms with Crippen LogP contribution in [0.15, 0.2) is 35.7 Å². The van der Waals surface area contributed by atoms with E-state index in [1.165, 1.54) is 16.0 Å². The van der Waals surface area contributed by atoms with E-state index in [2.05, 4.69) is 63.4 Å². The van der Waals surface area contributed by atoms with Crippen molar-refractivity contribution in [3.8, 4) is 0 Å². The first-order valence-corrected chi connectivity index (χ1v) is 11.8. The summed E-state index contributed by atoms with van der Waals surface area (Å²) in [6.45, 7) is 11.8. The molecule has 0 unspecified atom stereocenters. The van der Waals surface area contributed by atoms with Crippen LogP contribution in [0.3, 0.4) is 0 Å². The lowest BCUT2D eigenvalue weighted by atomic mass is 9.85. The number of rotatable bonds is 6. The summed E-state index contributed by atoms with van der Waals surface area (Å²) in [4.78, 5) is 30.4. The summed E-state index contributed by atoms with van der Waals surface area (Å²) in [5.74, 6) is -0.000775. The van der Waals surface area contributed by atoms with Crippen LogP contribution in [-0.2, 0) is 21.4 Å². The van der Waals surface area contributed by atoms with Gasteiger partial charge in [0.1, 0.15) is 0 Å². The standard InChI is InChI=1S/C25H34N2O2S/c1-6-7-14-26(18(2)28)17-23(29)27-15-12-22-21(13-16-30-22)24(27)19-8-10-20(11-9-19)25(3,4)5/h8-11,13,16,24H,6-7,12,14-15,17H2,1-5H3/t24-/m0/s1. The van der Waals surface area contributed by atoms with Gasteiger partial charge in [-0.2, -0.15) is 0 Å². The highest BCUT2D eigenvalue weighted by molar-refractivity contribution is 7.10. The number of thiophene rings is 1. The van der Waals surface area contributed by atoms with Crippen molar-refractivity contribution in [2.45, 2.75) is 65.3 Å². The fourth-order valence-corrected chi connectivity index (χ4v) is 4.96. The molecule has 0 saturated heterocycles. The van der Waals surface area contributed by atoms with Crippen molar-refractivity contribution >= 4 is 23.2 Å². The molecule has 1 atom stereocenters. The summed E-state index contributed by atoms with van der Waals surface area (Å²) in [6.07, 6.45) is 2.80. The van der Waals surface area contributed by atoms with E-state index in [1.54, 1.807) is 23.2 Å². The van der Waals surface area contributed by atoms with Crippen molar-refractivity contribution in [3.63, 3.8) is 0 Å². The van der Waals surface area contributed by atoms with Gasteiger partial charge in [0.2, 0.25) is 11.8 Å². The zero-order chi connectivity index (χ0) is 21.9. The fourth-order valence-electron chi connectivity index (χ4n) is 4.06. The van der Waals surface area contributed by atoms with Gasteiger partial charge in [0.05, 0.1) is 12.6 Å². The van der Waals surface area contributed by atoms with Crippen molar-refractivity contribution in [3.05, 3.63) is 57.3 Å². The molecule has 3 rings (SSSR count). The van der Waals surface area contributed by atoms with Crippen molar-refractivity contribution in [2.75, 3.05) is 19.6 Å². The average molecular weight is 427 g/mol. The SMILES string of the molecule is CCCCN(CC(=O)N1CCc2sccc2[C@@H]1c1ccc(C(C)(C)C)cc1)C(C)=O. The van der Waals surface area contributed by atoms with E-state index >= 15 is 0 Å². The molecule has 0 bridgehead atoms. The van der Waals surface area contributed by atoms with E-state index < -0.39 is 0 Å². The summed E-state index contributed by atoms with van der Waals surface area (Å²) < 4.78 is 0. The molecule has 0 saturated carbocycles. The van der Waals surface area contributed by atoms with Gasteiger partial charge in [0, 0.05) is 24.9 Å². The van der Waals surface area contributed by atoms with E-state index in [0.29, 0.717) is 13.1 Å². The third kappa shape index (κ3) is 4.94. The molecular weight excluding hydrogens is 392 g/mol. The first kappa shape index (κ1) is 22.5. The van der Waals surface area contributed by atoms with Gasteiger partial charge < -0.3 is 9.80 Å². The predicted molar refractivity (Wildman–Crippen MR) is 124 cm³/mol. The molecule has 1 aliphatic heterocycles. The molecule has 5 heteroatoms. The quantitative estimate of drug-likeness (QED) is 0.639. The third-order valence-electron chi connectivity index (χ3n) is 5.93. The van der Waals surface area contributed by atoms with Gasteiger partial charge in [-0.3, -0.25) is 9.59 Å². The number of carbonyl (C=O) groups excluding carboxylic acids is 2. The Kier molecular flexibility index (Phi) is 7.02. The topological polar surface area (TPSA) is 40.6 Å². The van der Waals surface area contributed by atoms with Crippen LogP contribution in [0.2, 0.25) is 0 Å². The Balaban J connectivity index is 1.89. The van der Waals surface area contributed by atoms with Crippen molar-refractivity contribution in [2.24, 2.45) is 0 Å². The van der Waals surface area contributed by atoms with E-state index in [4.69, 9.17) is 0 Å². The monoisotopic (exact) mass is 426 g/mol. The first-order valence-electron chi connectivity index (χ1n) is 10.9. The van der Waals surface area contributed by atoms with E-state index in [-0.39, 0.29) is 29.8 Å². The Morgan fingerprint density at radius 3 is 2.47 bits per heavy atom. The molecule has 1 aromatic carbocycles. The second-order valence-electron chi connectivity index (χ2n) is 9.20. The summed E-state index contributed by atoms with van der Waals surface area (Å²) in [5, 5.41) is 2.12. The molecule has 0 fully saturated rings. The lowest BCUT2D eigenvalue weighted by molar-refractivity contribution is -0.140. The number of carbonyl (C=O) groups is 2. The van der Waals surface area contributed by atoms with Crippen LogP contribution in [0.25, 0.3) is 0 Å². The molecule has 1 aromatic heterocycles. The molecular formula is C25H34N2O2S. The van der Waals surface area contributed by atoms with Crippen molar-refractivity contribution < 1.29 is 9.59 Å². The molecule has 0 N–H and O–H groups in total. The largest absolute Gasteiger partial charge is 0.334 e. The second-order valence-corrected chi connectivity index (χ2v) is 10.2. The lowest BCUT2D eigenvalue weighted by Gasteiger charge is -2.37. The van der Waals surface area contributed by atoms with Gasteiger partial charge in [0.25, 0.3) is 0 Å². The van der Waals surface area contributed by atoms with Crippen LogP contribution < -0.4 is 0 Å². The van der Waals surface area contributed by atoms with Crippen molar-refractivity contribution in [1.82, 2.24) is 9.80 Å². The molecule has 30 heavy (non-hydrogen) atoms. The highest BCUT2D eigenvalue weighted by Gasteiger charge is 2.33. The van der Waals surface area contributed by atoms with E-state index in [1.807, 2.05) is 4.90 Å². The van der Waals surface area contributed by atoms with Crippen LogP contribution in [-0.4, -0.2) is 41.2 Å². The Morgan fingerprint density at radius 2 is 1.87 bits per heavy atom. The molecule has 162 valence electrons. The normalized spacial score (nSPS) is 16.3. The molecule has 0 aliphatic carbocycles. The number of amides is 2. The molecule has 4 nitrogen and oxygen atoms in total. The first-order chi connectivity index (χ1) is 14.2. The van der Waals surface area contributed by atoms with Gasteiger partial charge in [0.15, 0.2) is 0 Å². The number of hydrogen-bond donors (Lipinski definition) is 0. The number of fused-ring (bicyclic) bond motifs is 1. The minimum Gasteiger partial charge on any atom is -0.334 e. The zero-order valence-corrected chi connectivity index (χ0v) is 19.7. The molecule has 0 spiro atoms. The highest BCUT2D eigenvalue weighted by Crippen LogP contribution is 2.38. The zero-order valence-electron chi connectivity index (χ0n) is 18.9. The number of hydrogen-bond acceptors (Lipinski definition) is 3. The lowest BCUT2D eigenvalue weighted by Crippen LogP contribution is -2.46. The smallest absolute Gasteiger partial charge is 0.242 e. The van der Waals surface area contributed by atoms with Crippen LogP contribution in [0.5, 0.6) is 0 Å². The highest BCUT2D eigenvalue weighted by atomic mass is 32.1. The summed E-state index contributed by atoms with van der Waals surface area (Å²) in [5.41, 5.74) is 3.74. The fraction of sp³-hybridized carbons (Fsp3) is 0.520. The molecule has 0 radical (unpaired) electrons. The van der Waals surface area contributed by atoms with Gasteiger partial charge in [-0.15, -0.1) is 11.3 Å². The van der Waals surface area contributed by atoms with Crippen LogP contribution in [0, 0.1) is 0 Å². The van der Waals surface area contributed by atoms with E-state index in [0.717, 1.165) is 24.8 Å². The average Bonchev–Trinajstić information content (AvgIpc) is 3.18. The maximum absolute atomic E-state index is 13.4. The number of unbranched alkanes of at least 4 members (excludes halogenated alkanes) is 1. The minimum absolute atomic E-state index is 0.0306. The Labute approximate surface area is 184 Å². The maximum atomic E-state index is 13.4. The summed E-state index contributed by atoms with van der Waals surface area (Å²) in [7, 11) is 0. The van der Waals surface area contributed by atoms with Crippen LogP contribution in [0.1, 0.15) is 75.1 Å². The summed E-state index contributed by atoms with van der Waals surface area (Å²) in [6, 6.07) is 10.8. The van der Waals surface area contributed by atoms with Gasteiger partial charge in [-0.05, 0) is 46.4 Å².